The van der Waals surface area contributed by atoms with E-state index in [1.54, 1.807) is 36.4 Å². The first kappa shape index (κ1) is 28.7. The first-order chi connectivity index (χ1) is 20.5. The van der Waals surface area contributed by atoms with E-state index in [1.807, 2.05) is 19.1 Å². The van der Waals surface area contributed by atoms with Crippen molar-refractivity contribution in [2.75, 3.05) is 16.8 Å². The fourth-order valence-electron chi connectivity index (χ4n) is 5.41. The molecule has 43 heavy (non-hydrogen) atoms. The number of nitrogens with zero attached hydrogens (tertiary/aromatic N) is 1. The lowest BCUT2D eigenvalue weighted by molar-refractivity contribution is -0.137. The fourth-order valence-corrected chi connectivity index (χ4v) is 7.92. The molecular weight excluding hydrogens is 603 g/mol. The van der Waals surface area contributed by atoms with E-state index in [2.05, 4.69) is 10.3 Å². The van der Waals surface area contributed by atoms with Gasteiger partial charge >= 0.3 is 11.0 Å². The zero-order valence-electron chi connectivity index (χ0n) is 22.3. The van der Waals surface area contributed by atoms with Crippen LogP contribution in [0.5, 0.6) is 5.75 Å². The lowest BCUT2D eigenvalue weighted by Crippen LogP contribution is -2.33. The van der Waals surface area contributed by atoms with Crippen molar-refractivity contribution in [2.24, 2.45) is 5.92 Å². The van der Waals surface area contributed by atoms with Crippen LogP contribution in [0.15, 0.2) is 82.6 Å². The Morgan fingerprint density at radius 3 is 2.44 bits per heavy atom. The number of rotatable bonds is 6. The summed E-state index contributed by atoms with van der Waals surface area (Å²) in [5.41, 5.74) is 0.243. The molecule has 3 heterocycles. The number of aryl methyl sites for hydroxylation is 1. The van der Waals surface area contributed by atoms with E-state index < -0.39 is 57.1 Å². The molecule has 220 valence electrons. The molecule has 4 aromatic rings. The van der Waals surface area contributed by atoms with E-state index in [1.165, 1.54) is 12.1 Å². The van der Waals surface area contributed by atoms with Crippen molar-refractivity contribution in [2.45, 2.75) is 29.3 Å². The first-order valence-electron chi connectivity index (χ1n) is 13.1. The molecule has 1 saturated heterocycles. The number of thioether (sulfide) groups is 1. The van der Waals surface area contributed by atoms with E-state index in [9.17, 15) is 32.3 Å². The van der Waals surface area contributed by atoms with Crippen molar-refractivity contribution in [3.63, 3.8) is 0 Å². The summed E-state index contributed by atoms with van der Waals surface area (Å²) in [6.07, 6.45) is -4.80. The molecular formula is C30H22F3N3O5S2. The highest BCUT2D eigenvalue weighted by atomic mass is 32.2. The lowest BCUT2D eigenvalue weighted by Gasteiger charge is -2.30. The lowest BCUT2D eigenvalue weighted by atomic mass is 9.82. The molecule has 0 spiro atoms. The maximum absolute atomic E-state index is 14.0. The summed E-state index contributed by atoms with van der Waals surface area (Å²) in [7, 11) is 0. The normalized spacial score (nSPS) is 19.6. The second kappa shape index (κ2) is 11.0. The van der Waals surface area contributed by atoms with E-state index in [4.69, 9.17) is 4.74 Å². The van der Waals surface area contributed by atoms with Crippen molar-refractivity contribution in [1.29, 1.82) is 0 Å². The Labute approximate surface area is 250 Å². The van der Waals surface area contributed by atoms with E-state index in [0.717, 1.165) is 40.8 Å². The van der Waals surface area contributed by atoms with Crippen molar-refractivity contribution in [1.82, 2.24) is 4.98 Å². The van der Waals surface area contributed by atoms with Gasteiger partial charge in [0, 0.05) is 22.0 Å². The number of carbonyl (C=O) groups is 3. The van der Waals surface area contributed by atoms with Gasteiger partial charge in [0.25, 0.3) is 5.91 Å². The van der Waals surface area contributed by atoms with Crippen LogP contribution in [0.1, 0.15) is 27.5 Å². The summed E-state index contributed by atoms with van der Waals surface area (Å²) in [4.78, 5) is 56.2. The minimum Gasteiger partial charge on any atom is -0.483 e. The summed E-state index contributed by atoms with van der Waals surface area (Å²) < 4.78 is 47.6. The number of carbonyl (C=O) groups excluding carboxylic acids is 3. The largest absolute Gasteiger partial charge is 0.483 e. The number of benzene rings is 3. The molecule has 3 amide bonds. The van der Waals surface area contributed by atoms with Crippen LogP contribution in [0.2, 0.25) is 0 Å². The number of anilines is 2. The van der Waals surface area contributed by atoms with Crippen molar-refractivity contribution in [3.8, 4) is 5.75 Å². The molecule has 1 aromatic heterocycles. The van der Waals surface area contributed by atoms with E-state index in [-0.39, 0.29) is 12.4 Å². The molecule has 3 aromatic carbocycles. The van der Waals surface area contributed by atoms with Gasteiger partial charge in [-0.3, -0.25) is 19.2 Å². The fraction of sp³-hybridized carbons (Fsp3) is 0.200. The summed E-state index contributed by atoms with van der Waals surface area (Å²) in [5.74, 6) is -3.86. The minimum absolute atomic E-state index is 0.235. The number of H-pyrrole nitrogens is 1. The van der Waals surface area contributed by atoms with Crippen LogP contribution in [-0.4, -0.2) is 34.6 Å². The summed E-state index contributed by atoms with van der Waals surface area (Å²) in [6, 6.07) is 18.3. The Hall–Kier alpha value is -4.36. The van der Waals surface area contributed by atoms with Gasteiger partial charge in [-0.2, -0.15) is 13.2 Å². The van der Waals surface area contributed by atoms with Gasteiger partial charge in [-0.15, -0.1) is 0 Å². The number of thiazole rings is 1. The Balaban J connectivity index is 1.37. The summed E-state index contributed by atoms with van der Waals surface area (Å²) in [6.45, 7) is 1.47. The highest BCUT2D eigenvalue weighted by molar-refractivity contribution is 8.00. The Bertz CT molecular complexity index is 1820. The van der Waals surface area contributed by atoms with Crippen LogP contribution in [0, 0.1) is 12.8 Å². The topological polar surface area (TPSA) is 109 Å². The SMILES string of the molecule is Cc1ccccc1NC(=O)COc1ccccc1[C@H]1c2sc(=O)[nH]c2SC2C(=O)N(c3ccccc3C(F)(F)F)C(=O)C21. The maximum Gasteiger partial charge on any atom is 0.418 e. The van der Waals surface area contributed by atoms with Crippen molar-refractivity contribution >= 4 is 52.2 Å². The first-order valence-corrected chi connectivity index (χ1v) is 14.7. The zero-order valence-corrected chi connectivity index (χ0v) is 23.9. The number of hydrogen-bond donors (Lipinski definition) is 2. The molecule has 0 saturated carbocycles. The minimum atomic E-state index is -4.80. The molecule has 2 N–H and O–H groups in total. The molecule has 1 fully saturated rings. The number of alkyl halides is 3. The molecule has 0 radical (unpaired) electrons. The van der Waals surface area contributed by atoms with Gasteiger partial charge in [-0.1, -0.05) is 71.6 Å². The third-order valence-electron chi connectivity index (χ3n) is 7.31. The quantitative estimate of drug-likeness (QED) is 0.271. The number of fused-ring (bicyclic) bond motifs is 2. The van der Waals surface area contributed by atoms with Gasteiger partial charge in [0.15, 0.2) is 6.61 Å². The zero-order chi connectivity index (χ0) is 30.5. The smallest absolute Gasteiger partial charge is 0.418 e. The number of aromatic amines is 1. The number of aromatic nitrogens is 1. The molecule has 0 bridgehead atoms. The molecule has 2 unspecified atom stereocenters. The van der Waals surface area contributed by atoms with Crippen LogP contribution < -0.4 is 19.8 Å². The number of hydrogen-bond acceptors (Lipinski definition) is 7. The number of para-hydroxylation sites is 3. The van der Waals surface area contributed by atoms with E-state index in [0.29, 0.717) is 26.1 Å². The van der Waals surface area contributed by atoms with Gasteiger partial charge in [0.2, 0.25) is 11.8 Å². The highest BCUT2D eigenvalue weighted by Gasteiger charge is 2.57. The molecule has 8 nitrogen and oxygen atoms in total. The maximum atomic E-state index is 14.0. The van der Waals surface area contributed by atoms with Gasteiger partial charge in [-0.25, -0.2) is 4.90 Å². The number of ether oxygens (including phenoxy) is 1. The van der Waals surface area contributed by atoms with Gasteiger partial charge in [0.05, 0.1) is 22.2 Å². The third kappa shape index (κ3) is 5.23. The molecule has 3 atom stereocenters. The molecule has 13 heteroatoms. The van der Waals surface area contributed by atoms with Crippen LogP contribution in [0.25, 0.3) is 0 Å². The van der Waals surface area contributed by atoms with Crippen molar-refractivity contribution < 1.29 is 32.3 Å². The van der Waals surface area contributed by atoms with Crippen molar-refractivity contribution in [3.05, 3.63) is 104 Å². The number of amides is 3. The predicted molar refractivity (Wildman–Crippen MR) is 156 cm³/mol. The standard InChI is InChI=1S/C30H22F3N3O5S2/c1-15-8-2-5-11-18(15)34-21(37)14-41-20-13-7-3-9-16(20)22-23-25(42-26-24(22)43-29(40)35-26)28(39)36(27(23)38)19-12-6-4-10-17(19)30(31,32)33/h2-13,22-23,25H,14H2,1H3,(H,34,37)(H,35,40)/t22-,23?,25?/m1/s1. The molecule has 6 rings (SSSR count). The molecule has 0 aliphatic carbocycles. The van der Waals surface area contributed by atoms with Gasteiger partial charge < -0.3 is 15.0 Å². The second-order valence-corrected chi connectivity index (χ2v) is 12.1. The Morgan fingerprint density at radius 2 is 1.67 bits per heavy atom. The average molecular weight is 626 g/mol. The number of halogens is 3. The average Bonchev–Trinajstić information content (AvgIpc) is 3.47. The predicted octanol–water partition coefficient (Wildman–Crippen LogP) is 5.58. The van der Waals surface area contributed by atoms with Crippen LogP contribution >= 0.6 is 23.1 Å². The molecule has 2 aliphatic rings. The highest BCUT2D eigenvalue weighted by Crippen LogP contribution is 2.55. The van der Waals surface area contributed by atoms with Crippen LogP contribution in [0.3, 0.4) is 0 Å². The molecule has 2 aliphatic heterocycles. The van der Waals surface area contributed by atoms with Gasteiger partial charge in [0.1, 0.15) is 11.0 Å². The second-order valence-electron chi connectivity index (χ2n) is 9.97. The monoisotopic (exact) mass is 625 g/mol. The summed E-state index contributed by atoms with van der Waals surface area (Å²) >= 11 is 1.81. The Kier molecular flexibility index (Phi) is 7.38. The third-order valence-corrected chi connectivity index (χ3v) is 9.71. The number of imide groups is 1. The Morgan fingerprint density at radius 1 is 0.977 bits per heavy atom. The van der Waals surface area contributed by atoms with Gasteiger partial charge in [-0.05, 0) is 36.8 Å². The number of nitrogens with one attached hydrogen (secondary N) is 2. The summed E-state index contributed by atoms with van der Waals surface area (Å²) in [5, 5.41) is 2.04. The van der Waals surface area contributed by atoms with Crippen LogP contribution in [-0.2, 0) is 20.6 Å². The van der Waals surface area contributed by atoms with Crippen LogP contribution in [0.4, 0.5) is 24.5 Å². The van der Waals surface area contributed by atoms with E-state index >= 15 is 0 Å².